The second-order valence-electron chi connectivity index (χ2n) is 5.26. The van der Waals surface area contributed by atoms with Gasteiger partial charge in [-0.1, -0.05) is 23.2 Å². The molecule has 0 unspecified atom stereocenters. The zero-order valence-corrected chi connectivity index (χ0v) is 15.0. The summed E-state index contributed by atoms with van der Waals surface area (Å²) in [6, 6.07) is 3.35. The van der Waals surface area contributed by atoms with Crippen LogP contribution in [0.2, 0.25) is 10.0 Å². The first-order valence-electron chi connectivity index (χ1n) is 7.88. The summed E-state index contributed by atoms with van der Waals surface area (Å²) < 4.78 is 5.10. The minimum atomic E-state index is -0.444. The molecule has 0 aliphatic carbocycles. The normalized spacial score (nSPS) is 10.8. The summed E-state index contributed by atoms with van der Waals surface area (Å²) in [6.45, 7) is 2.86. The molecule has 1 heterocycles. The minimum absolute atomic E-state index is 0.178. The van der Waals surface area contributed by atoms with Crippen molar-refractivity contribution in [3.8, 4) is 0 Å². The van der Waals surface area contributed by atoms with E-state index in [4.69, 9.17) is 33.0 Å². The molecule has 7 heteroatoms. The molecule has 0 amide bonds. The average molecular weight is 371 g/mol. The summed E-state index contributed by atoms with van der Waals surface area (Å²) in [5.41, 5.74) is 1.55. The van der Waals surface area contributed by atoms with E-state index in [-0.39, 0.29) is 13.2 Å². The van der Waals surface area contributed by atoms with Crippen LogP contribution in [0.15, 0.2) is 18.3 Å². The van der Waals surface area contributed by atoms with Gasteiger partial charge in [0.25, 0.3) is 0 Å². The lowest BCUT2D eigenvalue weighted by atomic mass is 10.1. The Morgan fingerprint density at radius 2 is 2.08 bits per heavy atom. The molecule has 24 heavy (non-hydrogen) atoms. The highest BCUT2D eigenvalue weighted by molar-refractivity contribution is 6.38. The van der Waals surface area contributed by atoms with Crippen molar-refractivity contribution in [2.75, 3.05) is 25.1 Å². The largest absolute Gasteiger partial charge is 0.462 e. The summed E-state index contributed by atoms with van der Waals surface area (Å²) in [6.07, 6.45) is 3.97. The Balaban J connectivity index is 2.40. The number of hydrogen-bond acceptors (Lipinski definition) is 5. The molecule has 1 aromatic heterocycles. The van der Waals surface area contributed by atoms with Crippen molar-refractivity contribution >= 4 is 45.8 Å². The van der Waals surface area contributed by atoms with E-state index >= 15 is 0 Å². The van der Waals surface area contributed by atoms with Gasteiger partial charge in [0.15, 0.2) is 0 Å². The third-order valence-corrected chi connectivity index (χ3v) is 4.03. The van der Waals surface area contributed by atoms with Gasteiger partial charge < -0.3 is 15.2 Å². The second kappa shape index (κ2) is 9.06. The zero-order valence-electron chi connectivity index (χ0n) is 13.4. The molecular formula is C17H20Cl2N2O3. The van der Waals surface area contributed by atoms with Crippen molar-refractivity contribution in [3.63, 3.8) is 0 Å². The highest BCUT2D eigenvalue weighted by Gasteiger charge is 2.18. The molecule has 0 saturated heterocycles. The van der Waals surface area contributed by atoms with E-state index < -0.39 is 5.97 Å². The summed E-state index contributed by atoms with van der Waals surface area (Å²) >= 11 is 12.3. The smallest absolute Gasteiger partial charge is 0.341 e. The van der Waals surface area contributed by atoms with Gasteiger partial charge in [0.05, 0.1) is 22.8 Å². The number of fused-ring (bicyclic) bond motifs is 1. The number of anilines is 1. The molecule has 0 aliphatic rings. The van der Waals surface area contributed by atoms with E-state index in [0.717, 1.165) is 19.3 Å². The van der Waals surface area contributed by atoms with E-state index in [1.165, 1.54) is 6.20 Å². The van der Waals surface area contributed by atoms with Gasteiger partial charge in [-0.05, 0) is 38.3 Å². The Morgan fingerprint density at radius 1 is 1.29 bits per heavy atom. The highest BCUT2D eigenvalue weighted by atomic mass is 35.5. The van der Waals surface area contributed by atoms with Crippen molar-refractivity contribution in [3.05, 3.63) is 33.9 Å². The van der Waals surface area contributed by atoms with E-state index in [9.17, 15) is 4.79 Å². The lowest BCUT2D eigenvalue weighted by Gasteiger charge is -2.15. The molecule has 0 fully saturated rings. The predicted octanol–water partition coefficient (Wildman–Crippen LogP) is 4.29. The first-order valence-corrected chi connectivity index (χ1v) is 8.63. The Morgan fingerprint density at radius 3 is 2.79 bits per heavy atom. The number of esters is 1. The van der Waals surface area contributed by atoms with Gasteiger partial charge in [0, 0.05) is 29.8 Å². The Labute approximate surface area is 150 Å². The number of aliphatic hydroxyl groups excluding tert-OH is 1. The molecule has 0 radical (unpaired) electrons. The lowest BCUT2D eigenvalue weighted by molar-refractivity contribution is 0.0527. The molecule has 0 saturated carbocycles. The number of aliphatic hydroxyl groups is 1. The van der Waals surface area contributed by atoms with E-state index in [1.807, 2.05) is 0 Å². The molecule has 0 aliphatic heterocycles. The van der Waals surface area contributed by atoms with Gasteiger partial charge in [0.1, 0.15) is 5.56 Å². The maximum Gasteiger partial charge on any atom is 0.341 e. The first kappa shape index (κ1) is 18.8. The molecule has 130 valence electrons. The van der Waals surface area contributed by atoms with Gasteiger partial charge in [-0.2, -0.15) is 0 Å². The van der Waals surface area contributed by atoms with Crippen molar-refractivity contribution in [2.45, 2.75) is 26.2 Å². The molecule has 0 spiro atoms. The van der Waals surface area contributed by atoms with Crippen LogP contribution in [-0.4, -0.2) is 35.8 Å². The van der Waals surface area contributed by atoms with Crippen LogP contribution in [0, 0.1) is 0 Å². The number of aromatic nitrogens is 1. The second-order valence-corrected chi connectivity index (χ2v) is 6.11. The fourth-order valence-corrected chi connectivity index (χ4v) is 2.95. The monoisotopic (exact) mass is 370 g/mol. The van der Waals surface area contributed by atoms with Crippen molar-refractivity contribution in [1.29, 1.82) is 0 Å². The van der Waals surface area contributed by atoms with Crippen LogP contribution in [0.1, 0.15) is 36.5 Å². The number of carbonyl (C=O) groups excluding carboxylic acids is 1. The summed E-state index contributed by atoms with van der Waals surface area (Å²) in [5, 5.41) is 13.7. The van der Waals surface area contributed by atoms with Crippen LogP contribution in [0.4, 0.5) is 5.69 Å². The van der Waals surface area contributed by atoms with E-state index in [1.54, 1.807) is 19.1 Å². The van der Waals surface area contributed by atoms with Gasteiger partial charge in [-0.25, -0.2) is 4.79 Å². The molecule has 0 atom stereocenters. The quantitative estimate of drug-likeness (QED) is 0.535. The summed E-state index contributed by atoms with van der Waals surface area (Å²) in [7, 11) is 0. The fourth-order valence-electron chi connectivity index (χ4n) is 2.41. The standard InChI is InChI=1S/C17H20Cl2N2O3/c1-2-24-17(23)13-10-21-16-12(8-11(18)9-14(16)19)15(13)20-6-4-3-5-7-22/h8-10,22H,2-7H2,1H3,(H,20,21). The van der Waals surface area contributed by atoms with Crippen LogP contribution in [0.25, 0.3) is 10.9 Å². The average Bonchev–Trinajstić information content (AvgIpc) is 2.54. The van der Waals surface area contributed by atoms with Crippen LogP contribution < -0.4 is 5.32 Å². The maximum atomic E-state index is 12.2. The minimum Gasteiger partial charge on any atom is -0.462 e. The predicted molar refractivity (Wildman–Crippen MR) is 97.1 cm³/mol. The molecule has 5 nitrogen and oxygen atoms in total. The SMILES string of the molecule is CCOC(=O)c1cnc2c(Cl)cc(Cl)cc2c1NCCCCCO. The van der Waals surface area contributed by atoms with Crippen LogP contribution in [-0.2, 0) is 4.74 Å². The van der Waals surface area contributed by atoms with Crippen molar-refractivity contribution in [2.24, 2.45) is 0 Å². The van der Waals surface area contributed by atoms with Gasteiger partial charge in [0.2, 0.25) is 0 Å². The molecular weight excluding hydrogens is 351 g/mol. The third-order valence-electron chi connectivity index (χ3n) is 3.52. The summed E-state index contributed by atoms with van der Waals surface area (Å²) in [5.74, 6) is -0.444. The van der Waals surface area contributed by atoms with Gasteiger partial charge in [-0.15, -0.1) is 0 Å². The Hall–Kier alpha value is -1.56. The third kappa shape index (κ3) is 4.50. The lowest BCUT2D eigenvalue weighted by Crippen LogP contribution is -2.12. The van der Waals surface area contributed by atoms with Gasteiger partial charge in [-0.3, -0.25) is 4.98 Å². The topological polar surface area (TPSA) is 71.5 Å². The summed E-state index contributed by atoms with van der Waals surface area (Å²) in [4.78, 5) is 16.5. The van der Waals surface area contributed by atoms with Crippen LogP contribution >= 0.6 is 23.2 Å². The number of unbranched alkanes of at least 4 members (excludes halogenated alkanes) is 2. The van der Waals surface area contributed by atoms with Crippen LogP contribution in [0.3, 0.4) is 0 Å². The molecule has 1 aromatic carbocycles. The zero-order chi connectivity index (χ0) is 17.5. The molecule has 0 bridgehead atoms. The number of nitrogens with one attached hydrogen (secondary N) is 1. The number of pyridine rings is 1. The maximum absolute atomic E-state index is 12.2. The first-order chi connectivity index (χ1) is 11.6. The number of hydrogen-bond donors (Lipinski definition) is 2. The van der Waals surface area contributed by atoms with Crippen molar-refractivity contribution < 1.29 is 14.6 Å². The number of halogens is 2. The van der Waals surface area contributed by atoms with E-state index in [2.05, 4.69) is 10.3 Å². The van der Waals surface area contributed by atoms with Crippen molar-refractivity contribution in [1.82, 2.24) is 4.98 Å². The Kier molecular flexibility index (Phi) is 7.09. The fraction of sp³-hybridized carbons (Fsp3) is 0.412. The number of carbonyl (C=O) groups is 1. The number of nitrogens with zero attached hydrogens (tertiary/aromatic N) is 1. The number of ether oxygens (including phenoxy) is 1. The molecule has 2 N–H and O–H groups in total. The van der Waals surface area contributed by atoms with Gasteiger partial charge >= 0.3 is 5.97 Å². The number of rotatable bonds is 8. The number of benzene rings is 1. The van der Waals surface area contributed by atoms with Crippen LogP contribution in [0.5, 0.6) is 0 Å². The van der Waals surface area contributed by atoms with E-state index in [0.29, 0.717) is 38.7 Å². The Bertz CT molecular complexity index is 723. The molecule has 2 aromatic rings. The molecule has 2 rings (SSSR count). The highest BCUT2D eigenvalue weighted by Crippen LogP contribution is 2.33.